The Morgan fingerprint density at radius 2 is 1.26 bits per heavy atom. The maximum Gasteiger partial charge on any atom is 0.186 e. The van der Waals surface area contributed by atoms with Crippen molar-refractivity contribution >= 4 is 11.7 Å². The van der Waals surface area contributed by atoms with Crippen molar-refractivity contribution in [3.8, 4) is 0 Å². The van der Waals surface area contributed by atoms with E-state index in [4.69, 9.17) is 10.2 Å². The van der Waals surface area contributed by atoms with Gasteiger partial charge in [-0.05, 0) is 44.4 Å². The van der Waals surface area contributed by atoms with Crippen molar-refractivity contribution in [1.82, 2.24) is 19.8 Å². The van der Waals surface area contributed by atoms with Crippen LogP contribution in [0.15, 0.2) is 0 Å². The van der Waals surface area contributed by atoms with Crippen LogP contribution in [0.25, 0.3) is 11.7 Å². The van der Waals surface area contributed by atoms with Crippen LogP contribution >= 0.6 is 0 Å². The maximum absolute atomic E-state index is 5.20. The van der Waals surface area contributed by atoms with Crippen LogP contribution in [0, 0.1) is 5.92 Å². The van der Waals surface area contributed by atoms with Gasteiger partial charge in [0.1, 0.15) is 0 Å². The van der Waals surface area contributed by atoms with Crippen LogP contribution in [0.1, 0.15) is 120 Å². The molecule has 0 N–H and O–H groups in total. The first-order valence-electron chi connectivity index (χ1n) is 11.7. The number of fused-ring (bicyclic) bond motifs is 1. The number of aromatic nitrogens is 4. The van der Waals surface area contributed by atoms with Crippen LogP contribution in [-0.2, 0) is 0 Å². The van der Waals surface area contributed by atoms with Crippen molar-refractivity contribution in [2.24, 2.45) is 5.92 Å². The van der Waals surface area contributed by atoms with E-state index in [-0.39, 0.29) is 0 Å². The Labute approximate surface area is 162 Å². The molecule has 0 spiro atoms. The monoisotopic (exact) mass is 366 g/mol. The highest BCUT2D eigenvalue weighted by Crippen LogP contribution is 2.34. The van der Waals surface area contributed by atoms with E-state index in [9.17, 15) is 0 Å². The van der Waals surface area contributed by atoms with Gasteiger partial charge in [0.05, 0.1) is 5.69 Å². The van der Waals surface area contributed by atoms with Crippen LogP contribution in [0.2, 0.25) is 0 Å². The smallest absolute Gasteiger partial charge is 0.186 e. The molecular weight excluding hydrogens is 332 g/mol. The third kappa shape index (κ3) is 3.52. The van der Waals surface area contributed by atoms with Gasteiger partial charge in [-0.15, -0.1) is 10.2 Å². The average molecular weight is 367 g/mol. The van der Waals surface area contributed by atoms with Gasteiger partial charge in [-0.2, -0.15) is 9.61 Å². The van der Waals surface area contributed by atoms with E-state index in [0.717, 1.165) is 11.5 Å². The van der Waals surface area contributed by atoms with E-state index in [1.54, 1.807) is 0 Å². The Morgan fingerprint density at radius 3 is 1.93 bits per heavy atom. The molecule has 0 radical (unpaired) electrons. The molecule has 4 heteroatoms. The minimum Gasteiger partial charge on any atom is -0.196 e. The van der Waals surface area contributed by atoms with Crippen LogP contribution in [0.3, 0.4) is 0 Å². The van der Waals surface area contributed by atoms with Gasteiger partial charge in [0, 0.05) is 17.1 Å². The quantitative estimate of drug-likeness (QED) is 0.740. The summed E-state index contributed by atoms with van der Waals surface area (Å²) in [6.07, 6.45) is 22.7. The molecule has 3 saturated carbocycles. The van der Waals surface area contributed by atoms with E-state index in [2.05, 4.69) is 15.7 Å². The normalized spacial score (nSPS) is 24.8. The Hall–Kier alpha value is -1.45. The van der Waals surface area contributed by atoms with E-state index in [0.29, 0.717) is 17.8 Å². The summed E-state index contributed by atoms with van der Waals surface area (Å²) in [5.41, 5.74) is 2.41. The first-order chi connectivity index (χ1) is 13.4. The molecule has 146 valence electrons. The molecule has 5 rings (SSSR count). The Kier molecular flexibility index (Phi) is 5.15. The largest absolute Gasteiger partial charge is 0.196 e. The zero-order chi connectivity index (χ0) is 18.1. The lowest BCUT2D eigenvalue weighted by molar-refractivity contribution is 0.417. The maximum atomic E-state index is 5.20. The predicted octanol–water partition coefficient (Wildman–Crippen LogP) is 5.30. The fourth-order valence-electron chi connectivity index (χ4n) is 5.82. The van der Waals surface area contributed by atoms with Crippen LogP contribution in [0.4, 0.5) is 0 Å². The Morgan fingerprint density at radius 1 is 0.667 bits per heavy atom. The van der Waals surface area contributed by atoms with Crippen molar-refractivity contribution in [2.45, 2.75) is 108 Å². The predicted molar refractivity (Wildman–Crippen MR) is 109 cm³/mol. The zero-order valence-electron chi connectivity index (χ0n) is 16.7. The van der Waals surface area contributed by atoms with Gasteiger partial charge >= 0.3 is 0 Å². The van der Waals surface area contributed by atoms with Gasteiger partial charge in [-0.25, -0.2) is 0 Å². The van der Waals surface area contributed by atoms with E-state index in [1.165, 1.54) is 107 Å². The fraction of sp³-hybridized carbons (Fsp3) is 0.783. The summed E-state index contributed by atoms with van der Waals surface area (Å²) >= 11 is 0. The molecule has 0 aliphatic heterocycles. The number of hydrogen-bond acceptors (Lipinski definition) is 3. The van der Waals surface area contributed by atoms with E-state index < -0.39 is 0 Å². The van der Waals surface area contributed by atoms with Gasteiger partial charge in [0.25, 0.3) is 0 Å². The average Bonchev–Trinajstić information content (AvgIpc) is 3.30. The molecule has 2 aromatic rings. The van der Waals surface area contributed by atoms with Gasteiger partial charge < -0.3 is 0 Å². The lowest BCUT2D eigenvalue weighted by atomic mass is 9.85. The third-order valence-corrected chi connectivity index (χ3v) is 7.40. The minimum absolute atomic E-state index is 0.561. The first-order valence-corrected chi connectivity index (χ1v) is 11.7. The molecule has 3 aliphatic carbocycles. The highest BCUT2D eigenvalue weighted by atomic mass is 15.4. The number of hydrogen-bond donors (Lipinski definition) is 0. The van der Waals surface area contributed by atoms with Crippen molar-refractivity contribution in [1.29, 1.82) is 0 Å². The fourth-order valence-corrected chi connectivity index (χ4v) is 5.82. The summed E-state index contributed by atoms with van der Waals surface area (Å²) in [5.74, 6) is 3.05. The molecular formula is C23H34N4. The van der Waals surface area contributed by atoms with Crippen molar-refractivity contribution < 1.29 is 0 Å². The van der Waals surface area contributed by atoms with Gasteiger partial charge in [-0.1, -0.05) is 63.9 Å². The molecule has 3 fully saturated rings. The van der Waals surface area contributed by atoms with Gasteiger partial charge in [-0.3, -0.25) is 0 Å². The highest BCUT2D eigenvalue weighted by molar-refractivity contribution is 5.50. The Bertz CT molecular complexity index is 805. The highest BCUT2D eigenvalue weighted by Gasteiger charge is 2.27. The van der Waals surface area contributed by atoms with E-state index >= 15 is 0 Å². The molecule has 3 aliphatic rings. The topological polar surface area (TPSA) is 43.1 Å². The van der Waals surface area contributed by atoms with Crippen LogP contribution < -0.4 is 5.22 Å². The number of nitrogens with zero attached hydrogens (tertiary/aromatic N) is 4. The van der Waals surface area contributed by atoms with Gasteiger partial charge in [0.15, 0.2) is 11.5 Å². The lowest BCUT2D eigenvalue weighted by Gasteiger charge is -2.21. The van der Waals surface area contributed by atoms with Crippen molar-refractivity contribution in [3.05, 3.63) is 16.7 Å². The van der Waals surface area contributed by atoms with Crippen molar-refractivity contribution in [2.75, 3.05) is 0 Å². The summed E-state index contributed by atoms with van der Waals surface area (Å²) in [7, 11) is 0. The third-order valence-electron chi connectivity index (χ3n) is 7.40. The molecule has 0 aromatic carbocycles. The van der Waals surface area contributed by atoms with E-state index in [1.807, 2.05) is 0 Å². The molecule has 0 saturated heterocycles. The van der Waals surface area contributed by atoms with Crippen molar-refractivity contribution in [3.63, 3.8) is 0 Å². The lowest BCUT2D eigenvalue weighted by Crippen LogP contribution is -2.17. The standard InChI is InChI=1S/C23H34N4/c1-4-10-17(11-5-1)16-20-21(18-12-6-2-7-13-18)26-27-22(24-25-23(20)27)19-14-8-3-9-15-19/h16-19H,1-15H2/b20-16-. The summed E-state index contributed by atoms with van der Waals surface area (Å²) in [6.45, 7) is 0. The van der Waals surface area contributed by atoms with Crippen LogP contribution in [0.5, 0.6) is 0 Å². The number of rotatable bonds is 3. The Balaban J connectivity index is 1.58. The second-order valence-corrected chi connectivity index (χ2v) is 9.33. The second-order valence-electron chi connectivity index (χ2n) is 9.33. The summed E-state index contributed by atoms with van der Waals surface area (Å²) in [5, 5.41) is 15.9. The molecule has 4 nitrogen and oxygen atoms in total. The molecule has 2 aromatic heterocycles. The molecule has 0 amide bonds. The first kappa shape index (κ1) is 17.6. The molecule has 0 bridgehead atoms. The molecule has 27 heavy (non-hydrogen) atoms. The summed E-state index contributed by atoms with van der Waals surface area (Å²) < 4.78 is 2.16. The van der Waals surface area contributed by atoms with Gasteiger partial charge in [0.2, 0.25) is 0 Å². The second kappa shape index (κ2) is 7.89. The summed E-state index contributed by atoms with van der Waals surface area (Å²) in [6, 6.07) is 0. The SMILES string of the molecule is C(=c1\c(C2CCCCC2)nn2c(C3CCCCC3)nnc12)/C1CCCCC1. The minimum atomic E-state index is 0.561. The summed E-state index contributed by atoms with van der Waals surface area (Å²) in [4.78, 5) is 0. The zero-order valence-corrected chi connectivity index (χ0v) is 16.7. The molecule has 2 heterocycles. The molecule has 0 unspecified atom stereocenters. The van der Waals surface area contributed by atoms with Crippen LogP contribution in [-0.4, -0.2) is 19.8 Å². The molecule has 0 atom stereocenters.